The van der Waals surface area contributed by atoms with Crippen LogP contribution in [0, 0.1) is 0 Å². The van der Waals surface area contributed by atoms with E-state index in [1.807, 2.05) is 54.6 Å². The number of aromatic amines is 1. The largest absolute Gasteiger partial charge is 0.448 e. The van der Waals surface area contributed by atoms with Gasteiger partial charge in [-0.3, -0.25) is 10.1 Å². The first-order valence-electron chi connectivity index (χ1n) is 8.44. The molecule has 1 aromatic heterocycles. The second-order valence-corrected chi connectivity index (χ2v) is 5.98. The van der Waals surface area contributed by atoms with E-state index in [1.54, 1.807) is 6.07 Å². The third kappa shape index (κ3) is 4.72. The summed E-state index contributed by atoms with van der Waals surface area (Å²) in [6, 6.07) is 17.7. The number of hydrogen-bond donors (Lipinski definition) is 3. The molecule has 0 aliphatic rings. The molecular weight excluding hydrogens is 346 g/mol. The highest BCUT2D eigenvalue weighted by Crippen LogP contribution is 2.15. The summed E-state index contributed by atoms with van der Waals surface area (Å²) in [5, 5.41) is 5.59. The quantitative estimate of drug-likeness (QED) is 0.605. The van der Waals surface area contributed by atoms with Crippen LogP contribution in [0.3, 0.4) is 0 Å². The standard InChI is InChI=1S/C20H19N3O4/c1-13(18(24)23-20(26)21-12-14-7-3-2-4-8-14)27-19(25)17-11-15-9-5-6-10-16(15)22-17/h2-11,13,22H,12H2,1H3,(H2,21,23,24,26)/t13-/m0/s1. The Hall–Kier alpha value is -3.61. The summed E-state index contributed by atoms with van der Waals surface area (Å²) in [4.78, 5) is 39.0. The third-order valence-electron chi connectivity index (χ3n) is 3.94. The van der Waals surface area contributed by atoms with Gasteiger partial charge in [0.1, 0.15) is 5.69 Å². The summed E-state index contributed by atoms with van der Waals surface area (Å²) in [7, 11) is 0. The number of carbonyl (C=O) groups is 3. The van der Waals surface area contributed by atoms with Gasteiger partial charge in [-0.25, -0.2) is 9.59 Å². The van der Waals surface area contributed by atoms with E-state index in [0.717, 1.165) is 16.5 Å². The van der Waals surface area contributed by atoms with E-state index >= 15 is 0 Å². The number of esters is 1. The molecule has 3 aromatic rings. The SMILES string of the molecule is C[C@H](OC(=O)c1cc2ccccc2[nH]1)C(=O)NC(=O)NCc1ccccc1. The normalized spacial score (nSPS) is 11.6. The van der Waals surface area contributed by atoms with Gasteiger partial charge in [-0.2, -0.15) is 0 Å². The zero-order valence-corrected chi connectivity index (χ0v) is 14.7. The summed E-state index contributed by atoms with van der Waals surface area (Å²) in [6.07, 6.45) is -1.12. The zero-order valence-electron chi connectivity index (χ0n) is 14.7. The van der Waals surface area contributed by atoms with Gasteiger partial charge < -0.3 is 15.0 Å². The van der Waals surface area contributed by atoms with Gasteiger partial charge in [0.15, 0.2) is 6.10 Å². The summed E-state index contributed by atoms with van der Waals surface area (Å²) < 4.78 is 5.13. The number of H-pyrrole nitrogens is 1. The fourth-order valence-corrected chi connectivity index (χ4v) is 2.50. The molecule has 27 heavy (non-hydrogen) atoms. The van der Waals surface area contributed by atoms with Crippen molar-refractivity contribution in [2.45, 2.75) is 19.6 Å². The lowest BCUT2D eigenvalue weighted by atomic mass is 10.2. The number of ether oxygens (including phenoxy) is 1. The van der Waals surface area contributed by atoms with Crippen molar-refractivity contribution in [3.8, 4) is 0 Å². The predicted octanol–water partition coefficient (Wildman–Crippen LogP) is 2.74. The highest BCUT2D eigenvalue weighted by atomic mass is 16.5. The van der Waals surface area contributed by atoms with Gasteiger partial charge in [-0.1, -0.05) is 48.5 Å². The van der Waals surface area contributed by atoms with E-state index in [-0.39, 0.29) is 12.2 Å². The molecule has 0 saturated heterocycles. The molecule has 0 spiro atoms. The lowest BCUT2D eigenvalue weighted by Gasteiger charge is -2.13. The maximum atomic E-state index is 12.2. The van der Waals surface area contributed by atoms with Crippen molar-refractivity contribution in [1.29, 1.82) is 0 Å². The average Bonchev–Trinajstić information content (AvgIpc) is 3.11. The number of benzene rings is 2. The molecular formula is C20H19N3O4. The van der Waals surface area contributed by atoms with E-state index < -0.39 is 24.0 Å². The fraction of sp³-hybridized carbons (Fsp3) is 0.150. The van der Waals surface area contributed by atoms with E-state index in [2.05, 4.69) is 15.6 Å². The van der Waals surface area contributed by atoms with Crippen LogP contribution in [0.15, 0.2) is 60.7 Å². The molecule has 0 bridgehead atoms. The van der Waals surface area contributed by atoms with Crippen molar-refractivity contribution in [2.24, 2.45) is 0 Å². The van der Waals surface area contributed by atoms with Crippen LogP contribution in [-0.2, 0) is 16.1 Å². The predicted molar refractivity (Wildman–Crippen MR) is 100.0 cm³/mol. The Morgan fingerprint density at radius 1 is 1.04 bits per heavy atom. The van der Waals surface area contributed by atoms with Crippen molar-refractivity contribution < 1.29 is 19.1 Å². The number of para-hydroxylation sites is 1. The first-order valence-corrected chi connectivity index (χ1v) is 8.44. The van der Waals surface area contributed by atoms with E-state index in [9.17, 15) is 14.4 Å². The van der Waals surface area contributed by atoms with Crippen LogP contribution in [-0.4, -0.2) is 29.0 Å². The number of fused-ring (bicyclic) bond motifs is 1. The molecule has 1 atom stereocenters. The molecule has 0 saturated carbocycles. The van der Waals surface area contributed by atoms with Crippen LogP contribution in [0.1, 0.15) is 23.0 Å². The van der Waals surface area contributed by atoms with E-state index in [0.29, 0.717) is 0 Å². The van der Waals surface area contributed by atoms with Crippen LogP contribution < -0.4 is 10.6 Å². The smallest absolute Gasteiger partial charge is 0.355 e. The van der Waals surface area contributed by atoms with Gasteiger partial charge in [0, 0.05) is 17.4 Å². The van der Waals surface area contributed by atoms with Crippen molar-refractivity contribution in [2.75, 3.05) is 0 Å². The average molecular weight is 365 g/mol. The number of carbonyl (C=O) groups excluding carboxylic acids is 3. The van der Waals surface area contributed by atoms with Crippen LogP contribution in [0.4, 0.5) is 4.79 Å². The van der Waals surface area contributed by atoms with E-state index in [4.69, 9.17) is 4.74 Å². The monoisotopic (exact) mass is 365 g/mol. The molecule has 0 aliphatic heterocycles. The van der Waals surface area contributed by atoms with Gasteiger partial charge in [-0.15, -0.1) is 0 Å². The first kappa shape index (κ1) is 18.2. The molecule has 3 amide bonds. The Morgan fingerprint density at radius 2 is 1.74 bits per heavy atom. The van der Waals surface area contributed by atoms with Crippen LogP contribution in [0.5, 0.6) is 0 Å². The molecule has 0 radical (unpaired) electrons. The molecule has 0 aliphatic carbocycles. The Kier molecular flexibility index (Phi) is 5.51. The molecule has 3 N–H and O–H groups in total. The van der Waals surface area contributed by atoms with Gasteiger partial charge in [-0.05, 0) is 24.6 Å². The molecule has 138 valence electrons. The number of aromatic nitrogens is 1. The molecule has 1 heterocycles. The number of hydrogen-bond acceptors (Lipinski definition) is 4. The maximum absolute atomic E-state index is 12.2. The minimum atomic E-state index is -1.12. The van der Waals surface area contributed by atoms with Crippen LogP contribution in [0.2, 0.25) is 0 Å². The van der Waals surface area contributed by atoms with Gasteiger partial charge >= 0.3 is 12.0 Å². The lowest BCUT2D eigenvalue weighted by Crippen LogP contribution is -2.44. The summed E-state index contributed by atoms with van der Waals surface area (Å²) >= 11 is 0. The Balaban J connectivity index is 1.50. The highest BCUT2D eigenvalue weighted by molar-refractivity contribution is 5.99. The first-order chi connectivity index (χ1) is 13.0. The van der Waals surface area contributed by atoms with Gasteiger partial charge in [0.2, 0.25) is 0 Å². The minimum absolute atomic E-state index is 0.240. The molecule has 3 rings (SSSR count). The highest BCUT2D eigenvalue weighted by Gasteiger charge is 2.21. The number of amides is 3. The van der Waals surface area contributed by atoms with Crippen molar-refractivity contribution in [1.82, 2.24) is 15.6 Å². The van der Waals surface area contributed by atoms with Crippen molar-refractivity contribution >= 4 is 28.8 Å². The Bertz CT molecular complexity index is 933. The van der Waals surface area contributed by atoms with Crippen LogP contribution >= 0.6 is 0 Å². The van der Waals surface area contributed by atoms with E-state index in [1.165, 1.54) is 6.92 Å². The molecule has 7 nitrogen and oxygen atoms in total. The van der Waals surface area contributed by atoms with Gasteiger partial charge in [0.25, 0.3) is 5.91 Å². The molecule has 0 unspecified atom stereocenters. The van der Waals surface area contributed by atoms with Crippen molar-refractivity contribution in [3.63, 3.8) is 0 Å². The molecule has 7 heteroatoms. The summed E-state index contributed by atoms with van der Waals surface area (Å²) in [5.74, 6) is -1.37. The van der Waals surface area contributed by atoms with Crippen LogP contribution in [0.25, 0.3) is 10.9 Å². The summed E-state index contributed by atoms with van der Waals surface area (Å²) in [5.41, 5.74) is 1.93. The minimum Gasteiger partial charge on any atom is -0.448 e. The number of rotatable bonds is 5. The zero-order chi connectivity index (χ0) is 19.2. The lowest BCUT2D eigenvalue weighted by molar-refractivity contribution is -0.127. The summed E-state index contributed by atoms with van der Waals surface area (Å²) in [6.45, 7) is 1.68. The maximum Gasteiger partial charge on any atom is 0.355 e. The number of imide groups is 1. The number of urea groups is 1. The second-order valence-electron chi connectivity index (χ2n) is 5.98. The topological polar surface area (TPSA) is 100 Å². The van der Waals surface area contributed by atoms with Gasteiger partial charge in [0.05, 0.1) is 0 Å². The third-order valence-corrected chi connectivity index (χ3v) is 3.94. The fourth-order valence-electron chi connectivity index (χ4n) is 2.50. The Labute approximate surface area is 155 Å². The molecule has 0 fully saturated rings. The molecule has 2 aromatic carbocycles. The van der Waals surface area contributed by atoms with Crippen molar-refractivity contribution in [3.05, 3.63) is 71.9 Å². The Morgan fingerprint density at radius 3 is 2.48 bits per heavy atom. The number of nitrogens with one attached hydrogen (secondary N) is 3. The second kappa shape index (κ2) is 8.18.